The Kier molecular flexibility index (Phi) is 5.34. The molecule has 1 aliphatic heterocycles. The van der Waals surface area contributed by atoms with Crippen molar-refractivity contribution in [2.75, 3.05) is 0 Å². The van der Waals surface area contributed by atoms with Crippen LogP contribution in [0.15, 0.2) is 96.1 Å². The quantitative estimate of drug-likeness (QED) is 0.188. The summed E-state index contributed by atoms with van der Waals surface area (Å²) in [7, 11) is 0. The number of hydrogen-bond acceptors (Lipinski definition) is 0. The van der Waals surface area contributed by atoms with E-state index in [4.69, 9.17) is 0 Å². The SMILES string of the molecule is Cc1cccc(-c2cccc3c2C=C2[CH]3[Hf]([CH3])([CH3])[CH]3C(=Cc4c(-c5cccc(C)c5)cccc43)C2(C)C)c1. The van der Waals surface area contributed by atoms with Gasteiger partial charge in [0.1, 0.15) is 0 Å². The Labute approximate surface area is 232 Å². The summed E-state index contributed by atoms with van der Waals surface area (Å²) in [6.45, 7) is 9.41. The van der Waals surface area contributed by atoms with Gasteiger partial charge in [0.05, 0.1) is 0 Å². The van der Waals surface area contributed by atoms with E-state index in [0.717, 1.165) is 0 Å². The Hall–Kier alpha value is -2.77. The average Bonchev–Trinajstić information content (AvgIpc) is 3.49. The molecule has 0 aromatic heterocycles. The summed E-state index contributed by atoms with van der Waals surface area (Å²) < 4.78 is 6.71. The van der Waals surface area contributed by atoms with Gasteiger partial charge in [-0.2, -0.15) is 0 Å². The molecule has 3 aliphatic rings. The van der Waals surface area contributed by atoms with E-state index in [1.807, 2.05) is 0 Å². The van der Waals surface area contributed by atoms with E-state index in [1.54, 1.807) is 22.3 Å². The summed E-state index contributed by atoms with van der Waals surface area (Å²) in [5.74, 6) is 0. The normalized spacial score (nSPS) is 21.6. The number of aryl methyl sites for hydroxylation is 2. The van der Waals surface area contributed by atoms with Crippen molar-refractivity contribution in [3.05, 3.63) is 129 Å². The molecule has 0 nitrogen and oxygen atoms in total. The molecule has 38 heavy (non-hydrogen) atoms. The van der Waals surface area contributed by atoms with Crippen molar-refractivity contribution in [3.63, 3.8) is 0 Å². The summed E-state index contributed by atoms with van der Waals surface area (Å²) in [6, 6.07) is 32.3. The molecule has 4 aromatic rings. The molecule has 2 aliphatic carbocycles. The summed E-state index contributed by atoms with van der Waals surface area (Å²) >= 11 is -2.99. The molecule has 2 unspecified atom stereocenters. The summed E-state index contributed by atoms with van der Waals surface area (Å²) in [4.78, 5) is 0. The molecule has 0 amide bonds. The zero-order valence-electron chi connectivity index (χ0n) is 23.4. The molecule has 1 heteroatoms. The minimum atomic E-state index is -2.99. The maximum absolute atomic E-state index is 2.99. The Morgan fingerprint density at radius 2 is 1.00 bits per heavy atom. The molecule has 4 aromatic carbocycles. The average molecular weight is 659 g/mol. The fourth-order valence-corrected chi connectivity index (χ4v) is 25.7. The fraction of sp³-hybridized carbons (Fsp3) is 0.243. The van der Waals surface area contributed by atoms with Gasteiger partial charge >= 0.3 is 234 Å². The van der Waals surface area contributed by atoms with Gasteiger partial charge in [-0.25, -0.2) is 0 Å². The number of rotatable bonds is 2. The van der Waals surface area contributed by atoms with Gasteiger partial charge in [0.15, 0.2) is 0 Å². The zero-order valence-corrected chi connectivity index (χ0v) is 27.0. The van der Waals surface area contributed by atoms with Crippen LogP contribution in [0.4, 0.5) is 0 Å². The van der Waals surface area contributed by atoms with Gasteiger partial charge < -0.3 is 0 Å². The van der Waals surface area contributed by atoms with E-state index >= 15 is 0 Å². The van der Waals surface area contributed by atoms with Crippen LogP contribution in [-0.2, 0) is 20.0 Å². The van der Waals surface area contributed by atoms with Crippen molar-refractivity contribution in [1.82, 2.24) is 0 Å². The van der Waals surface area contributed by atoms with E-state index in [1.165, 1.54) is 44.5 Å². The molecular formula is C37H36Hf. The fourth-order valence-electron chi connectivity index (χ4n) is 7.95. The zero-order chi connectivity index (χ0) is 26.4. The number of fused-ring (bicyclic) bond motifs is 6. The number of benzene rings is 4. The van der Waals surface area contributed by atoms with Crippen molar-refractivity contribution in [2.24, 2.45) is 5.41 Å². The molecule has 1 saturated heterocycles. The Bertz CT molecular complexity index is 1570. The van der Waals surface area contributed by atoms with E-state index in [-0.39, 0.29) is 5.41 Å². The van der Waals surface area contributed by atoms with Crippen LogP contribution in [0.1, 0.15) is 54.6 Å². The first kappa shape index (κ1) is 24.3. The third-order valence-corrected chi connectivity index (χ3v) is 24.9. The molecular weight excluding hydrogens is 623 g/mol. The van der Waals surface area contributed by atoms with Crippen molar-refractivity contribution >= 4 is 12.2 Å². The second-order valence-electron chi connectivity index (χ2n) is 12.9. The van der Waals surface area contributed by atoms with Crippen molar-refractivity contribution in [3.8, 4) is 22.3 Å². The predicted octanol–water partition coefficient (Wildman–Crippen LogP) is 10.5. The van der Waals surface area contributed by atoms with Crippen LogP contribution >= 0.6 is 0 Å². The van der Waals surface area contributed by atoms with Crippen LogP contribution in [0, 0.1) is 19.3 Å². The van der Waals surface area contributed by atoms with Gasteiger partial charge in [-0.05, 0) is 0 Å². The molecule has 0 radical (unpaired) electrons. The maximum atomic E-state index is 2.74. The molecule has 0 bridgehead atoms. The molecule has 0 N–H and O–H groups in total. The number of allylic oxidation sites excluding steroid dienone is 2. The van der Waals surface area contributed by atoms with Gasteiger partial charge in [0.25, 0.3) is 0 Å². The third kappa shape index (κ3) is 3.37. The summed E-state index contributed by atoms with van der Waals surface area (Å²) in [6.07, 6.45) is 5.22. The van der Waals surface area contributed by atoms with Crippen LogP contribution in [0.2, 0.25) is 9.36 Å². The van der Waals surface area contributed by atoms with E-state index in [9.17, 15) is 0 Å². The summed E-state index contributed by atoms with van der Waals surface area (Å²) in [5, 5.41) is 0. The molecule has 0 spiro atoms. The van der Waals surface area contributed by atoms with Gasteiger partial charge in [-0.3, -0.25) is 0 Å². The minimum absolute atomic E-state index is 0.0383. The molecule has 1 heterocycles. The van der Waals surface area contributed by atoms with Gasteiger partial charge in [0.2, 0.25) is 0 Å². The first-order chi connectivity index (χ1) is 18.2. The van der Waals surface area contributed by atoms with E-state index in [0.29, 0.717) is 7.35 Å². The molecule has 188 valence electrons. The van der Waals surface area contributed by atoms with Crippen LogP contribution < -0.4 is 0 Å². The van der Waals surface area contributed by atoms with E-state index < -0.39 is 20.0 Å². The van der Waals surface area contributed by atoms with Crippen LogP contribution in [0.25, 0.3) is 34.4 Å². The number of hydrogen-bond donors (Lipinski definition) is 0. The standard InChI is InChI=1S/C35H30.2CH3.Hf/c1-23-9-5-11-25(17-23)31-15-7-13-27-19-29(21-33(27)31)35(3,4)30-20-28-14-8-16-32(34(28)22-30)26-12-6-10-24(2)18-26;;;/h5-22H,1-4H3;2*1H3;. The van der Waals surface area contributed by atoms with Gasteiger partial charge in [0, 0.05) is 0 Å². The van der Waals surface area contributed by atoms with Crippen LogP contribution in [-0.4, -0.2) is 0 Å². The molecule has 1 fully saturated rings. The second-order valence-corrected chi connectivity index (χ2v) is 30.1. The third-order valence-electron chi connectivity index (χ3n) is 9.71. The topological polar surface area (TPSA) is 0 Å². The van der Waals surface area contributed by atoms with Crippen LogP contribution in [0.3, 0.4) is 0 Å². The second kappa shape index (κ2) is 8.36. The monoisotopic (exact) mass is 660 g/mol. The first-order valence-corrected chi connectivity index (χ1v) is 25.4. The Balaban J connectivity index is 1.43. The molecule has 0 saturated carbocycles. The molecule has 7 rings (SSSR count). The molecule has 2 atom stereocenters. The predicted molar refractivity (Wildman–Crippen MR) is 160 cm³/mol. The van der Waals surface area contributed by atoms with Crippen LogP contribution in [0.5, 0.6) is 0 Å². The van der Waals surface area contributed by atoms with Gasteiger partial charge in [-0.15, -0.1) is 0 Å². The summed E-state index contributed by atoms with van der Waals surface area (Å²) in [5.41, 5.74) is 17.7. The Morgan fingerprint density at radius 3 is 1.42 bits per heavy atom. The van der Waals surface area contributed by atoms with Gasteiger partial charge in [-0.1, -0.05) is 0 Å². The van der Waals surface area contributed by atoms with E-state index in [2.05, 4.69) is 134 Å². The Morgan fingerprint density at radius 1 is 0.579 bits per heavy atom. The van der Waals surface area contributed by atoms with Crippen molar-refractivity contribution < 1.29 is 20.0 Å². The first-order valence-electron chi connectivity index (χ1n) is 14.0. The van der Waals surface area contributed by atoms with Crippen molar-refractivity contribution in [1.29, 1.82) is 0 Å². The van der Waals surface area contributed by atoms with Crippen molar-refractivity contribution in [2.45, 2.75) is 44.4 Å².